The molecule has 0 radical (unpaired) electrons. The molecule has 2 aliphatic rings. The Morgan fingerprint density at radius 2 is 1.83 bits per heavy atom. The minimum absolute atomic E-state index is 0.149. The number of aliphatic imine (C=N–C) groups is 1. The topological polar surface area (TPSA) is 90.1 Å². The molecule has 0 aliphatic carbocycles. The third-order valence-electron chi connectivity index (χ3n) is 6.72. The molecule has 0 unspecified atom stereocenters. The Kier molecular flexibility index (Phi) is 5.54. The predicted molar refractivity (Wildman–Crippen MR) is 138 cm³/mol. The lowest BCUT2D eigenvalue weighted by Crippen LogP contribution is -2.31. The van der Waals surface area contributed by atoms with E-state index in [9.17, 15) is 9.59 Å². The van der Waals surface area contributed by atoms with Gasteiger partial charge in [0.2, 0.25) is 0 Å². The van der Waals surface area contributed by atoms with Crippen LogP contribution in [0.1, 0.15) is 65.9 Å². The van der Waals surface area contributed by atoms with Crippen molar-refractivity contribution < 1.29 is 19.4 Å². The van der Waals surface area contributed by atoms with Gasteiger partial charge in [-0.3, -0.25) is 9.79 Å². The van der Waals surface area contributed by atoms with E-state index in [0.717, 1.165) is 57.9 Å². The number of carboxylic acid groups (broad SMARTS) is 1. The fraction of sp³-hybridized carbons (Fsp3) is 0.345. The van der Waals surface area contributed by atoms with Crippen LogP contribution in [0.4, 0.5) is 0 Å². The zero-order chi connectivity index (χ0) is 25.8. The van der Waals surface area contributed by atoms with Gasteiger partial charge < -0.3 is 19.1 Å². The predicted octanol–water partition coefficient (Wildman–Crippen LogP) is 4.49. The van der Waals surface area contributed by atoms with Crippen LogP contribution in [0.15, 0.2) is 58.4 Å². The summed E-state index contributed by atoms with van der Waals surface area (Å²) in [5.74, 6) is 0.514. The number of benzene rings is 2. The van der Waals surface area contributed by atoms with Crippen molar-refractivity contribution in [3.63, 3.8) is 0 Å². The average Bonchev–Trinajstić information content (AvgIpc) is 3.13. The van der Waals surface area contributed by atoms with Crippen LogP contribution in [-0.4, -0.2) is 39.6 Å². The molecule has 0 fully saturated rings. The number of hydrogen-bond donors (Lipinski definition) is 1. The molecule has 0 amide bonds. The molecule has 0 saturated heterocycles. The van der Waals surface area contributed by atoms with Gasteiger partial charge in [-0.05, 0) is 69.5 Å². The number of aromatic carboxylic acids is 1. The van der Waals surface area contributed by atoms with E-state index in [1.807, 2.05) is 12.1 Å². The van der Waals surface area contributed by atoms with Crippen molar-refractivity contribution in [3.05, 3.63) is 92.4 Å². The molecular formula is C29H30N2O5. The first-order valence-corrected chi connectivity index (χ1v) is 12.0. The molecular weight excluding hydrogens is 456 g/mol. The number of hydrogen-bond acceptors (Lipinski definition) is 5. The van der Waals surface area contributed by atoms with Gasteiger partial charge in [0.05, 0.1) is 30.5 Å². The Balaban J connectivity index is 1.56. The summed E-state index contributed by atoms with van der Waals surface area (Å²) in [5.41, 5.74) is 5.05. The van der Waals surface area contributed by atoms with Crippen LogP contribution >= 0.6 is 0 Å². The maximum absolute atomic E-state index is 13.1. The van der Waals surface area contributed by atoms with E-state index >= 15 is 0 Å². The van der Waals surface area contributed by atoms with Gasteiger partial charge in [0.15, 0.2) is 11.5 Å². The number of ether oxygens (including phenoxy) is 2. The molecule has 2 aromatic carbocycles. The Bertz CT molecular complexity index is 1460. The van der Waals surface area contributed by atoms with Crippen LogP contribution in [0.3, 0.4) is 0 Å². The Labute approximate surface area is 210 Å². The van der Waals surface area contributed by atoms with Crippen LogP contribution in [0.2, 0.25) is 0 Å². The normalized spacial score (nSPS) is 17.0. The highest BCUT2D eigenvalue weighted by atomic mass is 16.5. The zero-order valence-electron chi connectivity index (χ0n) is 21.2. The quantitative estimate of drug-likeness (QED) is 0.574. The van der Waals surface area contributed by atoms with Crippen molar-refractivity contribution >= 4 is 11.7 Å². The summed E-state index contributed by atoms with van der Waals surface area (Å²) in [7, 11) is 1.66. The van der Waals surface area contributed by atoms with Crippen molar-refractivity contribution in [3.8, 4) is 11.5 Å². The standard InChI is InChI=1S/C29H30N2O5/c1-28(2)14-20-12-22(35-5)26-21(15-29(3,4)36-26)24(20)25(30-28)19-10-11-31(23(32)13-19)16-17-6-8-18(9-7-17)27(33)34/h6-13H,14-16H2,1-5H3,(H,33,34). The molecule has 0 atom stereocenters. The van der Waals surface area contributed by atoms with Crippen molar-refractivity contribution in [1.29, 1.82) is 0 Å². The van der Waals surface area contributed by atoms with Crippen LogP contribution in [0, 0.1) is 0 Å². The Morgan fingerprint density at radius 1 is 1.11 bits per heavy atom. The van der Waals surface area contributed by atoms with Crippen molar-refractivity contribution in [1.82, 2.24) is 4.57 Å². The molecule has 0 saturated carbocycles. The van der Waals surface area contributed by atoms with Gasteiger partial charge in [0, 0.05) is 35.4 Å². The summed E-state index contributed by atoms with van der Waals surface area (Å²) >= 11 is 0. The summed E-state index contributed by atoms with van der Waals surface area (Å²) in [4.78, 5) is 29.4. The maximum atomic E-state index is 13.1. The lowest BCUT2D eigenvalue weighted by Gasteiger charge is -2.31. The van der Waals surface area contributed by atoms with Crippen molar-refractivity contribution in [2.45, 2.75) is 58.2 Å². The largest absolute Gasteiger partial charge is 0.493 e. The van der Waals surface area contributed by atoms with Gasteiger partial charge in [-0.15, -0.1) is 0 Å². The van der Waals surface area contributed by atoms with Crippen LogP contribution in [0.5, 0.6) is 11.5 Å². The number of fused-ring (bicyclic) bond motifs is 3. The SMILES string of the molecule is COc1cc2c(c3c1OC(C)(C)C3)C(c1ccn(Cc3ccc(C(=O)O)cc3)c(=O)c1)=NC(C)(C)C2. The first kappa shape index (κ1) is 23.9. The molecule has 36 heavy (non-hydrogen) atoms. The highest BCUT2D eigenvalue weighted by Gasteiger charge is 2.39. The van der Waals surface area contributed by atoms with E-state index in [2.05, 4.69) is 27.7 Å². The van der Waals surface area contributed by atoms with Crippen molar-refractivity contribution in [2.75, 3.05) is 7.11 Å². The maximum Gasteiger partial charge on any atom is 0.335 e. The molecule has 7 nitrogen and oxygen atoms in total. The van der Waals surface area contributed by atoms with E-state index in [1.54, 1.807) is 48.2 Å². The lowest BCUT2D eigenvalue weighted by molar-refractivity contribution is 0.0697. The summed E-state index contributed by atoms with van der Waals surface area (Å²) in [6, 6.07) is 12.2. The third-order valence-corrected chi connectivity index (χ3v) is 6.72. The fourth-order valence-corrected chi connectivity index (χ4v) is 5.16. The summed E-state index contributed by atoms with van der Waals surface area (Å²) in [6.07, 6.45) is 3.26. The number of rotatable bonds is 5. The molecule has 0 spiro atoms. The van der Waals surface area contributed by atoms with E-state index < -0.39 is 5.97 Å². The fourth-order valence-electron chi connectivity index (χ4n) is 5.16. The van der Waals surface area contributed by atoms with E-state index in [-0.39, 0.29) is 22.3 Å². The number of pyridine rings is 1. The lowest BCUT2D eigenvalue weighted by atomic mass is 9.81. The first-order chi connectivity index (χ1) is 17.0. The zero-order valence-corrected chi connectivity index (χ0v) is 21.2. The highest BCUT2D eigenvalue weighted by molar-refractivity contribution is 6.16. The monoisotopic (exact) mass is 486 g/mol. The molecule has 186 valence electrons. The van der Waals surface area contributed by atoms with Gasteiger partial charge >= 0.3 is 5.97 Å². The van der Waals surface area contributed by atoms with E-state index in [4.69, 9.17) is 19.6 Å². The molecule has 0 bridgehead atoms. The number of carbonyl (C=O) groups is 1. The molecule has 3 heterocycles. The molecule has 1 aromatic heterocycles. The summed E-state index contributed by atoms with van der Waals surface area (Å²) in [5, 5.41) is 9.11. The minimum atomic E-state index is -0.975. The number of carboxylic acids is 1. The van der Waals surface area contributed by atoms with Gasteiger partial charge in [0.1, 0.15) is 5.60 Å². The molecule has 3 aromatic rings. The molecule has 2 aliphatic heterocycles. The Hall–Kier alpha value is -3.87. The number of nitrogens with zero attached hydrogens (tertiary/aromatic N) is 2. The number of methoxy groups -OCH3 is 1. The molecule has 5 rings (SSSR count). The van der Waals surface area contributed by atoms with Crippen LogP contribution in [-0.2, 0) is 19.4 Å². The van der Waals surface area contributed by atoms with Crippen LogP contribution in [0.25, 0.3) is 0 Å². The van der Waals surface area contributed by atoms with Gasteiger partial charge in [-0.1, -0.05) is 12.1 Å². The minimum Gasteiger partial charge on any atom is -0.493 e. The third kappa shape index (κ3) is 4.30. The van der Waals surface area contributed by atoms with Crippen LogP contribution < -0.4 is 15.0 Å². The average molecular weight is 487 g/mol. The summed E-state index contributed by atoms with van der Waals surface area (Å²) < 4.78 is 13.6. The number of aromatic nitrogens is 1. The molecule has 1 N–H and O–H groups in total. The first-order valence-electron chi connectivity index (χ1n) is 12.0. The van der Waals surface area contributed by atoms with E-state index in [1.165, 1.54) is 0 Å². The van der Waals surface area contributed by atoms with Gasteiger partial charge in [-0.2, -0.15) is 0 Å². The van der Waals surface area contributed by atoms with E-state index in [0.29, 0.717) is 6.54 Å². The van der Waals surface area contributed by atoms with Gasteiger partial charge in [-0.25, -0.2) is 4.79 Å². The Morgan fingerprint density at radius 3 is 2.47 bits per heavy atom. The second-order valence-corrected chi connectivity index (χ2v) is 10.8. The van der Waals surface area contributed by atoms with Crippen molar-refractivity contribution in [2.24, 2.45) is 4.99 Å². The highest BCUT2D eigenvalue weighted by Crippen LogP contribution is 2.47. The molecule has 7 heteroatoms. The smallest absolute Gasteiger partial charge is 0.335 e. The van der Waals surface area contributed by atoms with Gasteiger partial charge in [0.25, 0.3) is 5.56 Å². The second kappa shape index (κ2) is 8.36. The second-order valence-electron chi connectivity index (χ2n) is 10.8. The summed E-state index contributed by atoms with van der Waals surface area (Å²) in [6.45, 7) is 8.66.